The summed E-state index contributed by atoms with van der Waals surface area (Å²) in [4.78, 5) is 12.8. The zero-order valence-corrected chi connectivity index (χ0v) is 15.1. The van der Waals surface area contributed by atoms with E-state index < -0.39 is 0 Å². The molecule has 2 aromatic carbocycles. The van der Waals surface area contributed by atoms with Crippen molar-refractivity contribution in [2.75, 3.05) is 18.7 Å². The summed E-state index contributed by atoms with van der Waals surface area (Å²) in [7, 11) is 1.53. The van der Waals surface area contributed by atoms with E-state index in [1.807, 2.05) is 68.4 Å². The predicted molar refractivity (Wildman–Crippen MR) is 102 cm³/mol. The average molecular weight is 350 g/mol. The van der Waals surface area contributed by atoms with Crippen LogP contribution in [0.15, 0.2) is 60.8 Å². The Bertz CT molecular complexity index is 873. The van der Waals surface area contributed by atoms with Gasteiger partial charge in [-0.1, -0.05) is 35.9 Å². The number of hydrazine groups is 1. The molecule has 26 heavy (non-hydrogen) atoms. The standard InChI is InChI=1S/C20H22N4O2/c1-4-23(17-12-10-15(2)11-13-17)22-20(25)19-18(26-3)14-24(21-19)16-8-6-5-7-9-16/h5-14H,4H2,1-3H3,(H,22,25). The lowest BCUT2D eigenvalue weighted by Crippen LogP contribution is -2.42. The molecule has 134 valence electrons. The molecular weight excluding hydrogens is 328 g/mol. The SMILES string of the molecule is CCN(NC(=O)c1nn(-c2ccccc2)cc1OC)c1ccc(C)cc1. The molecule has 3 rings (SSSR count). The number of carbonyl (C=O) groups excluding carboxylic acids is 1. The highest BCUT2D eigenvalue weighted by atomic mass is 16.5. The molecule has 1 N–H and O–H groups in total. The number of hydrogen-bond acceptors (Lipinski definition) is 4. The fourth-order valence-corrected chi connectivity index (χ4v) is 2.60. The van der Waals surface area contributed by atoms with Gasteiger partial charge in [0.25, 0.3) is 5.91 Å². The lowest BCUT2D eigenvalue weighted by atomic mass is 10.2. The monoisotopic (exact) mass is 350 g/mol. The first-order chi connectivity index (χ1) is 12.6. The summed E-state index contributed by atoms with van der Waals surface area (Å²) in [5, 5.41) is 6.18. The lowest BCUT2D eigenvalue weighted by molar-refractivity contribution is 0.0941. The predicted octanol–water partition coefficient (Wildman–Crippen LogP) is 3.36. The summed E-state index contributed by atoms with van der Waals surface area (Å²) >= 11 is 0. The molecule has 0 aliphatic rings. The van der Waals surface area contributed by atoms with Crippen molar-refractivity contribution in [2.24, 2.45) is 0 Å². The molecular formula is C20H22N4O2. The van der Waals surface area contributed by atoms with E-state index in [1.54, 1.807) is 15.9 Å². The van der Waals surface area contributed by atoms with Crippen molar-refractivity contribution in [1.82, 2.24) is 15.2 Å². The molecule has 0 radical (unpaired) electrons. The number of aromatic nitrogens is 2. The number of anilines is 1. The van der Waals surface area contributed by atoms with Crippen molar-refractivity contribution in [2.45, 2.75) is 13.8 Å². The molecule has 0 aliphatic carbocycles. The zero-order chi connectivity index (χ0) is 18.5. The van der Waals surface area contributed by atoms with Crippen LogP contribution in [0.25, 0.3) is 5.69 Å². The fourth-order valence-electron chi connectivity index (χ4n) is 2.60. The van der Waals surface area contributed by atoms with Gasteiger partial charge in [0.15, 0.2) is 11.4 Å². The Balaban J connectivity index is 1.84. The number of methoxy groups -OCH3 is 1. The van der Waals surface area contributed by atoms with E-state index in [9.17, 15) is 4.79 Å². The molecule has 6 nitrogen and oxygen atoms in total. The fraction of sp³-hybridized carbons (Fsp3) is 0.200. The number of nitrogens with zero attached hydrogens (tertiary/aromatic N) is 3. The molecule has 0 bridgehead atoms. The van der Waals surface area contributed by atoms with Crippen LogP contribution in [0.5, 0.6) is 5.75 Å². The molecule has 1 heterocycles. The molecule has 1 amide bonds. The van der Waals surface area contributed by atoms with E-state index in [0.717, 1.165) is 11.4 Å². The Labute approximate surface area is 153 Å². The van der Waals surface area contributed by atoms with Gasteiger partial charge in [0, 0.05) is 6.54 Å². The number of ether oxygens (including phenoxy) is 1. The van der Waals surface area contributed by atoms with Crippen LogP contribution in [0, 0.1) is 6.92 Å². The minimum atomic E-state index is -0.320. The first kappa shape index (κ1) is 17.5. The van der Waals surface area contributed by atoms with Crippen LogP contribution in [-0.2, 0) is 0 Å². The van der Waals surface area contributed by atoms with Crippen molar-refractivity contribution in [3.8, 4) is 11.4 Å². The molecule has 0 saturated heterocycles. The van der Waals surface area contributed by atoms with E-state index in [4.69, 9.17) is 4.74 Å². The third-order valence-corrected chi connectivity index (χ3v) is 4.03. The summed E-state index contributed by atoms with van der Waals surface area (Å²) in [6.07, 6.45) is 1.70. The maximum Gasteiger partial charge on any atom is 0.294 e. The van der Waals surface area contributed by atoms with Gasteiger partial charge in [0.1, 0.15) is 0 Å². The highest BCUT2D eigenvalue weighted by Gasteiger charge is 2.20. The van der Waals surface area contributed by atoms with Crippen LogP contribution in [0.2, 0.25) is 0 Å². The van der Waals surface area contributed by atoms with Crippen LogP contribution in [0.3, 0.4) is 0 Å². The second-order valence-corrected chi connectivity index (χ2v) is 5.85. The third-order valence-electron chi connectivity index (χ3n) is 4.03. The molecule has 0 saturated carbocycles. The topological polar surface area (TPSA) is 59.4 Å². The van der Waals surface area contributed by atoms with Crippen LogP contribution in [-0.4, -0.2) is 29.3 Å². The van der Waals surface area contributed by atoms with Crippen molar-refractivity contribution < 1.29 is 9.53 Å². The largest absolute Gasteiger partial charge is 0.493 e. The first-order valence-corrected chi connectivity index (χ1v) is 8.46. The number of para-hydroxylation sites is 1. The lowest BCUT2D eigenvalue weighted by Gasteiger charge is -2.23. The Morgan fingerprint density at radius 3 is 2.46 bits per heavy atom. The average Bonchev–Trinajstić information content (AvgIpc) is 3.12. The Morgan fingerprint density at radius 1 is 1.15 bits per heavy atom. The van der Waals surface area contributed by atoms with Gasteiger partial charge in [0.05, 0.1) is 24.7 Å². The van der Waals surface area contributed by atoms with Crippen LogP contribution in [0.4, 0.5) is 5.69 Å². The Morgan fingerprint density at radius 2 is 1.85 bits per heavy atom. The summed E-state index contributed by atoms with van der Waals surface area (Å²) < 4.78 is 6.98. The Kier molecular flexibility index (Phi) is 5.22. The molecule has 0 aliphatic heterocycles. The number of benzene rings is 2. The van der Waals surface area contributed by atoms with E-state index in [1.165, 1.54) is 12.7 Å². The molecule has 1 aromatic heterocycles. The summed E-state index contributed by atoms with van der Waals surface area (Å²) in [5.74, 6) is 0.102. The van der Waals surface area contributed by atoms with Gasteiger partial charge in [-0.05, 0) is 38.1 Å². The van der Waals surface area contributed by atoms with Gasteiger partial charge in [0.2, 0.25) is 0 Å². The number of rotatable bonds is 6. The van der Waals surface area contributed by atoms with E-state index in [2.05, 4.69) is 10.5 Å². The molecule has 0 unspecified atom stereocenters. The summed E-state index contributed by atoms with van der Waals surface area (Å²) in [5.41, 5.74) is 6.07. The minimum Gasteiger partial charge on any atom is -0.493 e. The molecule has 0 spiro atoms. The summed E-state index contributed by atoms with van der Waals surface area (Å²) in [6.45, 7) is 4.62. The van der Waals surface area contributed by atoms with Crippen molar-refractivity contribution in [3.05, 3.63) is 72.1 Å². The second-order valence-electron chi connectivity index (χ2n) is 5.85. The van der Waals surface area contributed by atoms with Crippen LogP contribution in [0.1, 0.15) is 23.0 Å². The second kappa shape index (κ2) is 7.74. The summed E-state index contributed by atoms with van der Waals surface area (Å²) in [6, 6.07) is 17.6. The van der Waals surface area contributed by atoms with Gasteiger partial charge < -0.3 is 4.74 Å². The highest BCUT2D eigenvalue weighted by Crippen LogP contribution is 2.20. The van der Waals surface area contributed by atoms with E-state index >= 15 is 0 Å². The van der Waals surface area contributed by atoms with Crippen LogP contribution < -0.4 is 15.2 Å². The molecule has 6 heteroatoms. The molecule has 0 fully saturated rings. The maximum atomic E-state index is 12.8. The van der Waals surface area contributed by atoms with Crippen molar-refractivity contribution in [1.29, 1.82) is 0 Å². The highest BCUT2D eigenvalue weighted by molar-refractivity contribution is 5.95. The maximum absolute atomic E-state index is 12.8. The van der Waals surface area contributed by atoms with Crippen molar-refractivity contribution >= 4 is 11.6 Å². The van der Waals surface area contributed by atoms with Crippen molar-refractivity contribution in [3.63, 3.8) is 0 Å². The van der Waals surface area contributed by atoms with Gasteiger partial charge in [-0.3, -0.25) is 15.2 Å². The Hall–Kier alpha value is -3.28. The normalized spacial score (nSPS) is 10.4. The smallest absolute Gasteiger partial charge is 0.294 e. The van der Waals surface area contributed by atoms with E-state index in [-0.39, 0.29) is 11.6 Å². The van der Waals surface area contributed by atoms with E-state index in [0.29, 0.717) is 12.3 Å². The van der Waals surface area contributed by atoms with Gasteiger partial charge in [-0.25, -0.2) is 4.68 Å². The van der Waals surface area contributed by atoms with Gasteiger partial charge in [-0.2, -0.15) is 5.10 Å². The quantitative estimate of drug-likeness (QED) is 0.693. The van der Waals surface area contributed by atoms with Crippen LogP contribution >= 0.6 is 0 Å². The third kappa shape index (κ3) is 3.69. The molecule has 0 atom stereocenters. The zero-order valence-electron chi connectivity index (χ0n) is 15.1. The van der Waals surface area contributed by atoms with Gasteiger partial charge in [-0.15, -0.1) is 0 Å². The minimum absolute atomic E-state index is 0.238. The number of amides is 1. The number of nitrogens with one attached hydrogen (secondary N) is 1. The van der Waals surface area contributed by atoms with Gasteiger partial charge >= 0.3 is 0 Å². The number of hydrogen-bond donors (Lipinski definition) is 1. The first-order valence-electron chi connectivity index (χ1n) is 8.46. The number of carbonyl (C=O) groups is 1. The number of aryl methyl sites for hydroxylation is 1. The molecule has 3 aromatic rings.